The fourth-order valence-corrected chi connectivity index (χ4v) is 1.64. The third-order valence-corrected chi connectivity index (χ3v) is 2.44. The van der Waals surface area contributed by atoms with Crippen molar-refractivity contribution in [1.82, 2.24) is 10.4 Å². The van der Waals surface area contributed by atoms with Gasteiger partial charge in [0.05, 0.1) is 11.7 Å². The van der Waals surface area contributed by atoms with E-state index in [9.17, 15) is 8.78 Å². The molecule has 0 aliphatic rings. The first kappa shape index (κ1) is 11.6. The van der Waals surface area contributed by atoms with Gasteiger partial charge in [0.25, 0.3) is 0 Å². The van der Waals surface area contributed by atoms with Crippen LogP contribution in [-0.4, -0.2) is 4.98 Å². The monoisotopic (exact) mass is 235 g/mol. The van der Waals surface area contributed by atoms with Gasteiger partial charge in [-0.1, -0.05) is 18.2 Å². The van der Waals surface area contributed by atoms with Crippen molar-refractivity contribution in [2.45, 2.75) is 6.04 Å². The number of rotatable bonds is 3. The number of hydrazine groups is 1. The molecule has 1 heterocycles. The minimum Gasteiger partial charge on any atom is -0.271 e. The number of hydrogen-bond donors (Lipinski definition) is 2. The first-order chi connectivity index (χ1) is 8.24. The van der Waals surface area contributed by atoms with Gasteiger partial charge in [0.2, 0.25) is 0 Å². The quantitative estimate of drug-likeness (QED) is 0.631. The molecule has 2 aromatic rings. The van der Waals surface area contributed by atoms with Gasteiger partial charge in [0, 0.05) is 11.8 Å². The van der Waals surface area contributed by atoms with Crippen molar-refractivity contribution in [3.63, 3.8) is 0 Å². The molecule has 0 amide bonds. The molecule has 0 aliphatic heterocycles. The summed E-state index contributed by atoms with van der Waals surface area (Å²) in [7, 11) is 0. The van der Waals surface area contributed by atoms with E-state index >= 15 is 0 Å². The molecular weight excluding hydrogens is 224 g/mol. The molecule has 0 spiro atoms. The van der Waals surface area contributed by atoms with E-state index in [1.54, 1.807) is 12.1 Å². The smallest absolute Gasteiger partial charge is 0.146 e. The lowest BCUT2D eigenvalue weighted by Crippen LogP contribution is -2.30. The summed E-state index contributed by atoms with van der Waals surface area (Å²) in [5.41, 5.74) is 2.70. The number of nitrogens with one attached hydrogen (secondary N) is 1. The van der Waals surface area contributed by atoms with Crippen LogP contribution in [0.2, 0.25) is 0 Å². The molecule has 0 aliphatic carbocycles. The molecule has 1 atom stereocenters. The molecule has 17 heavy (non-hydrogen) atoms. The molecule has 3 N–H and O–H groups in total. The second kappa shape index (κ2) is 4.99. The normalized spacial score (nSPS) is 12.4. The zero-order chi connectivity index (χ0) is 12.3. The van der Waals surface area contributed by atoms with Crippen LogP contribution < -0.4 is 11.3 Å². The topological polar surface area (TPSA) is 50.9 Å². The highest BCUT2D eigenvalue weighted by atomic mass is 19.1. The van der Waals surface area contributed by atoms with Crippen LogP contribution in [-0.2, 0) is 0 Å². The number of nitrogens with two attached hydrogens (primary N) is 1. The van der Waals surface area contributed by atoms with E-state index in [1.165, 1.54) is 30.5 Å². The van der Waals surface area contributed by atoms with E-state index in [2.05, 4.69) is 10.4 Å². The van der Waals surface area contributed by atoms with Crippen LogP contribution in [0.25, 0.3) is 0 Å². The minimum absolute atomic E-state index is 0.0695. The van der Waals surface area contributed by atoms with Gasteiger partial charge in [-0.2, -0.15) is 0 Å². The van der Waals surface area contributed by atoms with Crippen LogP contribution in [0.3, 0.4) is 0 Å². The Kier molecular flexibility index (Phi) is 3.41. The lowest BCUT2D eigenvalue weighted by molar-refractivity contribution is 0.518. The SMILES string of the molecule is NNC(c1ccccc1F)c1ncccc1F. The molecule has 5 heteroatoms. The predicted octanol–water partition coefficient (Wildman–Crippen LogP) is 1.91. The highest BCUT2D eigenvalue weighted by molar-refractivity contribution is 5.29. The van der Waals surface area contributed by atoms with Crippen LogP contribution in [0.5, 0.6) is 0 Å². The number of nitrogens with zero attached hydrogens (tertiary/aromatic N) is 1. The van der Waals surface area contributed by atoms with Gasteiger partial charge in [-0.3, -0.25) is 10.8 Å². The van der Waals surface area contributed by atoms with Crippen molar-refractivity contribution in [2.75, 3.05) is 0 Å². The molecule has 2 rings (SSSR count). The zero-order valence-electron chi connectivity index (χ0n) is 8.90. The molecule has 3 nitrogen and oxygen atoms in total. The fraction of sp³-hybridized carbons (Fsp3) is 0.0833. The van der Waals surface area contributed by atoms with Crippen molar-refractivity contribution in [1.29, 1.82) is 0 Å². The molecule has 0 fully saturated rings. The van der Waals surface area contributed by atoms with Crippen molar-refractivity contribution >= 4 is 0 Å². The Balaban J connectivity index is 2.48. The molecule has 0 radical (unpaired) electrons. The number of pyridine rings is 1. The number of halogens is 2. The van der Waals surface area contributed by atoms with Crippen LogP contribution in [0.15, 0.2) is 42.6 Å². The van der Waals surface area contributed by atoms with Crippen LogP contribution in [0.4, 0.5) is 8.78 Å². The standard InChI is InChI=1S/C12H11F2N3/c13-9-5-2-1-4-8(9)11(17-15)12-10(14)6-3-7-16-12/h1-7,11,17H,15H2. The molecule has 1 aromatic carbocycles. The van der Waals surface area contributed by atoms with E-state index < -0.39 is 17.7 Å². The lowest BCUT2D eigenvalue weighted by atomic mass is 10.0. The highest BCUT2D eigenvalue weighted by Gasteiger charge is 2.20. The van der Waals surface area contributed by atoms with Crippen molar-refractivity contribution < 1.29 is 8.78 Å². The van der Waals surface area contributed by atoms with E-state index in [4.69, 9.17) is 5.84 Å². The zero-order valence-corrected chi connectivity index (χ0v) is 8.90. The Morgan fingerprint density at radius 3 is 2.41 bits per heavy atom. The van der Waals surface area contributed by atoms with Gasteiger partial charge < -0.3 is 0 Å². The Labute approximate surface area is 97.3 Å². The summed E-state index contributed by atoms with van der Waals surface area (Å²) >= 11 is 0. The first-order valence-electron chi connectivity index (χ1n) is 5.05. The summed E-state index contributed by atoms with van der Waals surface area (Å²) in [4.78, 5) is 3.88. The van der Waals surface area contributed by atoms with Crippen molar-refractivity contribution in [3.05, 3.63) is 65.5 Å². The third-order valence-electron chi connectivity index (χ3n) is 2.44. The molecule has 0 saturated carbocycles. The molecular formula is C12H11F2N3. The van der Waals surface area contributed by atoms with Gasteiger partial charge in [-0.15, -0.1) is 0 Å². The van der Waals surface area contributed by atoms with Crippen molar-refractivity contribution in [3.8, 4) is 0 Å². The Morgan fingerprint density at radius 1 is 1.06 bits per heavy atom. The summed E-state index contributed by atoms with van der Waals surface area (Å²) in [5.74, 6) is 4.36. The third kappa shape index (κ3) is 2.30. The first-order valence-corrected chi connectivity index (χ1v) is 5.05. The maximum Gasteiger partial charge on any atom is 0.146 e. The maximum absolute atomic E-state index is 13.6. The van der Waals surface area contributed by atoms with E-state index in [1.807, 2.05) is 0 Å². The van der Waals surface area contributed by atoms with E-state index in [0.717, 1.165) is 0 Å². The van der Waals surface area contributed by atoms with Crippen LogP contribution >= 0.6 is 0 Å². The lowest BCUT2D eigenvalue weighted by Gasteiger charge is -2.16. The predicted molar refractivity (Wildman–Crippen MR) is 59.8 cm³/mol. The van der Waals surface area contributed by atoms with Crippen molar-refractivity contribution in [2.24, 2.45) is 5.84 Å². The van der Waals surface area contributed by atoms with Crippen LogP contribution in [0, 0.1) is 11.6 Å². The van der Waals surface area contributed by atoms with Gasteiger partial charge in [-0.05, 0) is 18.2 Å². The second-order valence-corrected chi connectivity index (χ2v) is 3.49. The Bertz CT molecular complexity index is 471. The Hall–Kier alpha value is -1.85. The molecule has 1 unspecified atom stereocenters. The van der Waals surface area contributed by atoms with Gasteiger partial charge >= 0.3 is 0 Å². The second-order valence-electron chi connectivity index (χ2n) is 3.49. The molecule has 88 valence electrons. The summed E-state index contributed by atoms with van der Waals surface area (Å²) in [6, 6.07) is 7.96. The van der Waals surface area contributed by atoms with Gasteiger partial charge in [0.1, 0.15) is 11.6 Å². The largest absolute Gasteiger partial charge is 0.271 e. The molecule has 1 aromatic heterocycles. The highest BCUT2D eigenvalue weighted by Crippen LogP contribution is 2.23. The number of hydrogen-bond acceptors (Lipinski definition) is 3. The molecule has 0 bridgehead atoms. The van der Waals surface area contributed by atoms with Gasteiger partial charge in [0.15, 0.2) is 0 Å². The summed E-state index contributed by atoms with van der Waals surface area (Å²) in [6.07, 6.45) is 1.43. The number of aromatic nitrogens is 1. The average molecular weight is 235 g/mol. The Morgan fingerprint density at radius 2 is 1.76 bits per heavy atom. The summed E-state index contributed by atoms with van der Waals surface area (Å²) < 4.78 is 27.2. The average Bonchev–Trinajstić information content (AvgIpc) is 2.34. The maximum atomic E-state index is 13.6. The summed E-state index contributed by atoms with van der Waals surface area (Å²) in [5, 5.41) is 0. The van der Waals surface area contributed by atoms with Crippen LogP contribution in [0.1, 0.15) is 17.3 Å². The summed E-state index contributed by atoms with van der Waals surface area (Å²) in [6.45, 7) is 0. The fourth-order valence-electron chi connectivity index (χ4n) is 1.64. The minimum atomic E-state index is -0.808. The van der Waals surface area contributed by atoms with E-state index in [0.29, 0.717) is 0 Å². The van der Waals surface area contributed by atoms with E-state index in [-0.39, 0.29) is 11.3 Å². The van der Waals surface area contributed by atoms with Gasteiger partial charge in [-0.25, -0.2) is 14.2 Å². The number of benzene rings is 1. The molecule has 0 saturated heterocycles.